The van der Waals surface area contributed by atoms with Crippen molar-refractivity contribution in [3.8, 4) is 0 Å². The van der Waals surface area contributed by atoms with Crippen molar-refractivity contribution in [1.29, 1.82) is 0 Å². The standard InChI is InChI=1S/C13H18BrN3O/c14-9-5-8(6-11(16)7-9)13(18)17-12-3-1-10(15)2-4-12/h5-7,10,12H,1-4,15-16H2,(H,17,18). The molecule has 1 aliphatic carbocycles. The summed E-state index contributed by atoms with van der Waals surface area (Å²) in [6.45, 7) is 0. The Labute approximate surface area is 115 Å². The molecule has 4 nitrogen and oxygen atoms in total. The van der Waals surface area contributed by atoms with Crippen LogP contribution in [0.25, 0.3) is 0 Å². The highest BCUT2D eigenvalue weighted by molar-refractivity contribution is 9.10. The van der Waals surface area contributed by atoms with Crippen molar-refractivity contribution in [2.75, 3.05) is 5.73 Å². The van der Waals surface area contributed by atoms with Gasteiger partial charge in [-0.2, -0.15) is 0 Å². The van der Waals surface area contributed by atoms with Crippen LogP contribution in [0.4, 0.5) is 5.69 Å². The summed E-state index contributed by atoms with van der Waals surface area (Å²) in [5.74, 6) is -0.0662. The summed E-state index contributed by atoms with van der Waals surface area (Å²) in [6.07, 6.45) is 3.87. The summed E-state index contributed by atoms with van der Waals surface area (Å²) in [5.41, 5.74) is 12.7. The Balaban J connectivity index is 1.99. The van der Waals surface area contributed by atoms with Crippen molar-refractivity contribution in [1.82, 2.24) is 5.32 Å². The third-order valence-corrected chi connectivity index (χ3v) is 3.75. The number of hydrogen-bond donors (Lipinski definition) is 3. The van der Waals surface area contributed by atoms with Crippen LogP contribution in [-0.2, 0) is 0 Å². The van der Waals surface area contributed by atoms with E-state index in [1.165, 1.54) is 0 Å². The number of halogens is 1. The number of benzene rings is 1. The van der Waals surface area contributed by atoms with Gasteiger partial charge < -0.3 is 16.8 Å². The van der Waals surface area contributed by atoms with Gasteiger partial charge in [-0.1, -0.05) is 15.9 Å². The molecular formula is C13H18BrN3O. The minimum absolute atomic E-state index is 0.0662. The number of carbonyl (C=O) groups is 1. The van der Waals surface area contributed by atoms with Gasteiger partial charge in [0.25, 0.3) is 5.91 Å². The largest absolute Gasteiger partial charge is 0.399 e. The maximum atomic E-state index is 12.1. The van der Waals surface area contributed by atoms with Crippen molar-refractivity contribution in [2.45, 2.75) is 37.8 Å². The fraction of sp³-hybridized carbons (Fsp3) is 0.462. The number of nitrogen functional groups attached to an aromatic ring is 1. The molecule has 0 bridgehead atoms. The van der Waals surface area contributed by atoms with Crippen LogP contribution in [0, 0.1) is 0 Å². The third-order valence-electron chi connectivity index (χ3n) is 3.29. The quantitative estimate of drug-likeness (QED) is 0.731. The first-order chi connectivity index (χ1) is 8.54. The van der Waals surface area contributed by atoms with E-state index in [-0.39, 0.29) is 11.9 Å². The van der Waals surface area contributed by atoms with Gasteiger partial charge in [0, 0.05) is 27.8 Å². The zero-order valence-corrected chi connectivity index (χ0v) is 11.7. The van der Waals surface area contributed by atoms with E-state index >= 15 is 0 Å². The first-order valence-electron chi connectivity index (χ1n) is 6.17. The molecule has 0 spiro atoms. The maximum Gasteiger partial charge on any atom is 0.251 e. The summed E-state index contributed by atoms with van der Waals surface area (Å²) in [5, 5.41) is 3.04. The molecule has 0 aromatic heterocycles. The molecule has 1 saturated carbocycles. The zero-order valence-electron chi connectivity index (χ0n) is 10.2. The maximum absolute atomic E-state index is 12.1. The van der Waals surface area contributed by atoms with Crippen molar-refractivity contribution >= 4 is 27.5 Å². The van der Waals surface area contributed by atoms with Crippen LogP contribution in [0.15, 0.2) is 22.7 Å². The summed E-state index contributed by atoms with van der Waals surface area (Å²) < 4.78 is 0.818. The van der Waals surface area contributed by atoms with E-state index in [1.54, 1.807) is 18.2 Å². The molecule has 5 heteroatoms. The van der Waals surface area contributed by atoms with Gasteiger partial charge in [-0.15, -0.1) is 0 Å². The van der Waals surface area contributed by atoms with Crippen molar-refractivity contribution in [2.24, 2.45) is 5.73 Å². The number of anilines is 1. The monoisotopic (exact) mass is 311 g/mol. The van der Waals surface area contributed by atoms with E-state index < -0.39 is 0 Å². The topological polar surface area (TPSA) is 81.1 Å². The predicted molar refractivity (Wildman–Crippen MR) is 76.3 cm³/mol. The molecule has 1 aromatic rings. The summed E-state index contributed by atoms with van der Waals surface area (Å²) in [6, 6.07) is 5.77. The number of amides is 1. The molecular weight excluding hydrogens is 294 g/mol. The van der Waals surface area contributed by atoms with E-state index in [0.717, 1.165) is 30.2 Å². The smallest absolute Gasteiger partial charge is 0.251 e. The number of nitrogens with one attached hydrogen (secondary N) is 1. The highest BCUT2D eigenvalue weighted by Gasteiger charge is 2.20. The lowest BCUT2D eigenvalue weighted by Crippen LogP contribution is -2.40. The Kier molecular flexibility index (Phi) is 4.24. The highest BCUT2D eigenvalue weighted by Crippen LogP contribution is 2.20. The fourth-order valence-corrected chi connectivity index (χ4v) is 2.79. The van der Waals surface area contributed by atoms with E-state index in [1.807, 2.05) is 0 Å². The average Bonchev–Trinajstić information content (AvgIpc) is 2.31. The van der Waals surface area contributed by atoms with Crippen LogP contribution in [0.3, 0.4) is 0 Å². The van der Waals surface area contributed by atoms with Gasteiger partial charge in [0.1, 0.15) is 0 Å². The Morgan fingerprint density at radius 2 is 1.89 bits per heavy atom. The minimum Gasteiger partial charge on any atom is -0.399 e. The van der Waals surface area contributed by atoms with E-state index in [0.29, 0.717) is 17.3 Å². The lowest BCUT2D eigenvalue weighted by Gasteiger charge is -2.26. The Hall–Kier alpha value is -1.07. The summed E-state index contributed by atoms with van der Waals surface area (Å²) in [7, 11) is 0. The number of hydrogen-bond acceptors (Lipinski definition) is 3. The molecule has 1 amide bonds. The first kappa shape index (κ1) is 13.4. The SMILES string of the molecule is Nc1cc(Br)cc(C(=O)NC2CCC(N)CC2)c1. The molecule has 0 heterocycles. The lowest BCUT2D eigenvalue weighted by atomic mass is 9.91. The van der Waals surface area contributed by atoms with Crippen molar-refractivity contribution < 1.29 is 4.79 Å². The Bertz CT molecular complexity index is 422. The second-order valence-corrected chi connectivity index (χ2v) is 5.77. The predicted octanol–water partition coefficient (Wildman–Crippen LogP) is 2.03. The Morgan fingerprint density at radius 1 is 1.22 bits per heavy atom. The molecule has 98 valence electrons. The first-order valence-corrected chi connectivity index (χ1v) is 6.96. The summed E-state index contributed by atoms with van der Waals surface area (Å²) >= 11 is 3.34. The second-order valence-electron chi connectivity index (χ2n) is 4.86. The van der Waals surface area contributed by atoms with Gasteiger partial charge in [0.2, 0.25) is 0 Å². The molecule has 0 aliphatic heterocycles. The lowest BCUT2D eigenvalue weighted by molar-refractivity contribution is 0.0926. The van der Waals surface area contributed by atoms with Gasteiger partial charge >= 0.3 is 0 Å². The van der Waals surface area contributed by atoms with E-state index in [4.69, 9.17) is 11.5 Å². The van der Waals surface area contributed by atoms with E-state index in [2.05, 4.69) is 21.2 Å². The third kappa shape index (κ3) is 3.46. The molecule has 1 aromatic carbocycles. The van der Waals surface area contributed by atoms with Crippen LogP contribution in [0.2, 0.25) is 0 Å². The second kappa shape index (κ2) is 5.71. The van der Waals surface area contributed by atoms with Crippen molar-refractivity contribution in [3.05, 3.63) is 28.2 Å². The number of carbonyl (C=O) groups excluding carboxylic acids is 1. The number of rotatable bonds is 2. The number of nitrogens with two attached hydrogens (primary N) is 2. The molecule has 5 N–H and O–H groups in total. The van der Waals surface area contributed by atoms with Gasteiger partial charge in [-0.25, -0.2) is 0 Å². The van der Waals surface area contributed by atoms with Crippen LogP contribution in [0.1, 0.15) is 36.0 Å². The minimum atomic E-state index is -0.0662. The van der Waals surface area contributed by atoms with E-state index in [9.17, 15) is 4.79 Å². The van der Waals surface area contributed by atoms with Gasteiger partial charge in [-0.3, -0.25) is 4.79 Å². The average molecular weight is 312 g/mol. The molecule has 0 saturated heterocycles. The van der Waals surface area contributed by atoms with Crippen LogP contribution in [0.5, 0.6) is 0 Å². The zero-order chi connectivity index (χ0) is 13.1. The van der Waals surface area contributed by atoms with Crippen LogP contribution in [-0.4, -0.2) is 18.0 Å². The van der Waals surface area contributed by atoms with Crippen molar-refractivity contribution in [3.63, 3.8) is 0 Å². The molecule has 1 fully saturated rings. The highest BCUT2D eigenvalue weighted by atomic mass is 79.9. The molecule has 18 heavy (non-hydrogen) atoms. The summed E-state index contributed by atoms with van der Waals surface area (Å²) in [4.78, 5) is 12.1. The molecule has 2 rings (SSSR count). The Morgan fingerprint density at radius 3 is 2.50 bits per heavy atom. The molecule has 0 unspecified atom stereocenters. The van der Waals surface area contributed by atoms with Crippen LogP contribution >= 0.6 is 15.9 Å². The van der Waals surface area contributed by atoms with Gasteiger partial charge in [-0.05, 0) is 43.9 Å². The molecule has 0 atom stereocenters. The van der Waals surface area contributed by atoms with Crippen LogP contribution < -0.4 is 16.8 Å². The molecule has 1 aliphatic rings. The van der Waals surface area contributed by atoms with Gasteiger partial charge in [0.05, 0.1) is 0 Å². The van der Waals surface area contributed by atoms with Gasteiger partial charge in [0.15, 0.2) is 0 Å². The fourth-order valence-electron chi connectivity index (χ4n) is 2.28. The normalized spacial score (nSPS) is 23.7. The molecule has 0 radical (unpaired) electrons.